The summed E-state index contributed by atoms with van der Waals surface area (Å²) in [6.07, 6.45) is 2.28. The van der Waals surface area contributed by atoms with E-state index in [2.05, 4.69) is 5.32 Å². The molecule has 0 bridgehead atoms. The maximum atomic E-state index is 11.9. The first kappa shape index (κ1) is 18.6. The second kappa shape index (κ2) is 8.91. The summed E-state index contributed by atoms with van der Waals surface area (Å²) in [5.41, 5.74) is 11.4. The van der Waals surface area contributed by atoms with Gasteiger partial charge in [0.15, 0.2) is 6.29 Å². The van der Waals surface area contributed by atoms with Crippen molar-refractivity contribution < 1.29 is 24.5 Å². The van der Waals surface area contributed by atoms with Gasteiger partial charge in [-0.05, 0) is 25.7 Å². The number of nitrogens with two attached hydrogens (primary N) is 2. The Hall–Kier alpha value is -0.770. The molecule has 1 heterocycles. The Morgan fingerprint density at radius 2 is 2.13 bits per heavy atom. The Bertz CT molecular complexity index is 384. The molecule has 6 unspecified atom stereocenters. The number of hydrogen-bond acceptors (Lipinski definition) is 7. The first-order valence-corrected chi connectivity index (χ1v) is 8.35. The molecule has 23 heavy (non-hydrogen) atoms. The highest BCUT2D eigenvalue weighted by Crippen LogP contribution is 2.27. The number of aliphatic hydroxyl groups excluding tert-OH is 2. The van der Waals surface area contributed by atoms with Crippen LogP contribution in [0.4, 0.5) is 0 Å². The van der Waals surface area contributed by atoms with Gasteiger partial charge in [0, 0.05) is 25.0 Å². The van der Waals surface area contributed by atoms with Gasteiger partial charge in [-0.25, -0.2) is 0 Å². The van der Waals surface area contributed by atoms with E-state index in [0.717, 1.165) is 19.3 Å². The molecule has 2 aliphatic rings. The van der Waals surface area contributed by atoms with Crippen molar-refractivity contribution in [1.29, 1.82) is 0 Å². The summed E-state index contributed by atoms with van der Waals surface area (Å²) in [5.74, 6) is -0.224. The van der Waals surface area contributed by atoms with Gasteiger partial charge in [-0.2, -0.15) is 0 Å². The summed E-state index contributed by atoms with van der Waals surface area (Å²) in [5, 5.41) is 21.4. The van der Waals surface area contributed by atoms with Gasteiger partial charge in [0.05, 0.1) is 31.3 Å². The van der Waals surface area contributed by atoms with Crippen LogP contribution in [0.5, 0.6) is 0 Å². The summed E-state index contributed by atoms with van der Waals surface area (Å²) in [6.45, 7) is 0.0700. The van der Waals surface area contributed by atoms with E-state index < -0.39 is 6.10 Å². The number of rotatable bonds is 7. The van der Waals surface area contributed by atoms with E-state index in [-0.39, 0.29) is 56.1 Å². The van der Waals surface area contributed by atoms with Crippen LogP contribution in [0.3, 0.4) is 0 Å². The molecule has 0 aromatic heterocycles. The number of carbonyl (C=O) groups is 1. The molecule has 2 fully saturated rings. The van der Waals surface area contributed by atoms with Crippen LogP contribution in [-0.2, 0) is 14.3 Å². The first-order valence-electron chi connectivity index (χ1n) is 8.35. The fourth-order valence-electron chi connectivity index (χ4n) is 3.24. The highest BCUT2D eigenvalue weighted by molar-refractivity contribution is 5.76. The summed E-state index contributed by atoms with van der Waals surface area (Å²) < 4.78 is 11.5. The average molecular weight is 331 g/mol. The lowest BCUT2D eigenvalue weighted by Crippen LogP contribution is -2.48. The summed E-state index contributed by atoms with van der Waals surface area (Å²) in [7, 11) is 0. The molecular formula is C15H29N3O5. The Morgan fingerprint density at radius 3 is 2.78 bits per heavy atom. The van der Waals surface area contributed by atoms with Crippen LogP contribution in [0.15, 0.2) is 0 Å². The third-order valence-corrected chi connectivity index (χ3v) is 4.37. The molecule has 8 nitrogen and oxygen atoms in total. The summed E-state index contributed by atoms with van der Waals surface area (Å²) in [6, 6.07) is -0.121. The van der Waals surface area contributed by atoms with Crippen LogP contribution in [0.2, 0.25) is 0 Å². The minimum atomic E-state index is -0.818. The van der Waals surface area contributed by atoms with E-state index in [1.165, 1.54) is 0 Å². The fourth-order valence-corrected chi connectivity index (χ4v) is 3.24. The van der Waals surface area contributed by atoms with E-state index in [0.29, 0.717) is 12.8 Å². The van der Waals surface area contributed by atoms with Crippen molar-refractivity contribution in [3.8, 4) is 0 Å². The topological polar surface area (TPSA) is 140 Å². The third-order valence-electron chi connectivity index (χ3n) is 4.37. The van der Waals surface area contributed by atoms with Gasteiger partial charge >= 0.3 is 0 Å². The molecule has 1 aliphatic carbocycles. The van der Waals surface area contributed by atoms with Gasteiger partial charge < -0.3 is 36.5 Å². The van der Waals surface area contributed by atoms with Crippen molar-refractivity contribution in [1.82, 2.24) is 5.32 Å². The highest BCUT2D eigenvalue weighted by Gasteiger charge is 2.33. The van der Waals surface area contributed by atoms with Gasteiger partial charge in [0.25, 0.3) is 0 Å². The number of nitrogens with one attached hydrogen (secondary N) is 1. The molecule has 1 amide bonds. The lowest BCUT2D eigenvalue weighted by molar-refractivity contribution is -0.175. The largest absolute Gasteiger partial charge is 0.394 e. The summed E-state index contributed by atoms with van der Waals surface area (Å²) >= 11 is 0. The standard InChI is InChI=1S/C15H29N3O5/c16-7-11(20)6-14(21)18-10-3-9(17)4-13(5-10)23-15-2-1-12(8-19)22-15/h9-13,15,19-20H,1-8,16-17H2,(H,18,21). The van der Waals surface area contributed by atoms with Crippen molar-refractivity contribution in [2.24, 2.45) is 11.5 Å². The van der Waals surface area contributed by atoms with Gasteiger partial charge in [-0.15, -0.1) is 0 Å². The Morgan fingerprint density at radius 1 is 1.35 bits per heavy atom. The smallest absolute Gasteiger partial charge is 0.222 e. The quantitative estimate of drug-likeness (QED) is 0.385. The zero-order valence-electron chi connectivity index (χ0n) is 13.4. The Kier molecular flexibility index (Phi) is 7.19. The molecule has 8 heteroatoms. The maximum Gasteiger partial charge on any atom is 0.222 e. The van der Waals surface area contributed by atoms with E-state index in [1.54, 1.807) is 0 Å². The molecule has 1 saturated heterocycles. The van der Waals surface area contributed by atoms with Crippen molar-refractivity contribution in [3.05, 3.63) is 0 Å². The van der Waals surface area contributed by atoms with E-state index in [1.807, 2.05) is 0 Å². The lowest BCUT2D eigenvalue weighted by Gasteiger charge is -2.34. The minimum absolute atomic E-state index is 0.00230. The average Bonchev–Trinajstić information content (AvgIpc) is 2.93. The van der Waals surface area contributed by atoms with Gasteiger partial charge in [-0.1, -0.05) is 0 Å². The highest BCUT2D eigenvalue weighted by atomic mass is 16.7. The number of carbonyl (C=O) groups excluding carboxylic acids is 1. The van der Waals surface area contributed by atoms with Crippen LogP contribution >= 0.6 is 0 Å². The minimum Gasteiger partial charge on any atom is -0.394 e. The van der Waals surface area contributed by atoms with E-state index in [9.17, 15) is 9.90 Å². The van der Waals surface area contributed by atoms with E-state index in [4.69, 9.17) is 26.0 Å². The van der Waals surface area contributed by atoms with Crippen LogP contribution in [0.1, 0.15) is 38.5 Å². The Labute approximate surface area is 136 Å². The SMILES string of the molecule is NCC(O)CC(=O)NC1CC(N)CC(OC2CCC(CO)O2)C1. The first-order chi connectivity index (χ1) is 11.0. The number of hydrogen-bond donors (Lipinski definition) is 5. The second-order valence-corrected chi connectivity index (χ2v) is 6.53. The number of ether oxygens (including phenoxy) is 2. The number of amides is 1. The predicted molar refractivity (Wildman–Crippen MR) is 83.3 cm³/mol. The molecule has 7 N–H and O–H groups in total. The monoisotopic (exact) mass is 331 g/mol. The van der Waals surface area contributed by atoms with Crippen molar-refractivity contribution >= 4 is 5.91 Å². The molecule has 0 spiro atoms. The normalized spacial score (nSPS) is 35.9. The van der Waals surface area contributed by atoms with Gasteiger partial charge in [0.2, 0.25) is 5.91 Å². The molecule has 0 radical (unpaired) electrons. The zero-order chi connectivity index (χ0) is 16.8. The second-order valence-electron chi connectivity index (χ2n) is 6.53. The van der Waals surface area contributed by atoms with Crippen molar-refractivity contribution in [3.63, 3.8) is 0 Å². The van der Waals surface area contributed by atoms with Crippen LogP contribution in [0.25, 0.3) is 0 Å². The molecule has 1 aliphatic heterocycles. The zero-order valence-corrected chi connectivity index (χ0v) is 13.4. The van der Waals surface area contributed by atoms with E-state index >= 15 is 0 Å². The number of aliphatic hydroxyl groups is 2. The lowest BCUT2D eigenvalue weighted by atomic mass is 9.89. The van der Waals surface area contributed by atoms with Crippen molar-refractivity contribution in [2.75, 3.05) is 13.2 Å². The van der Waals surface area contributed by atoms with Gasteiger partial charge in [-0.3, -0.25) is 4.79 Å². The van der Waals surface area contributed by atoms with Crippen LogP contribution in [-0.4, -0.2) is 66.0 Å². The molecule has 134 valence electrons. The molecule has 2 rings (SSSR count). The molecule has 0 aromatic rings. The summed E-state index contributed by atoms with van der Waals surface area (Å²) in [4.78, 5) is 11.9. The van der Waals surface area contributed by atoms with Gasteiger partial charge in [0.1, 0.15) is 0 Å². The maximum absolute atomic E-state index is 11.9. The predicted octanol–water partition coefficient (Wildman–Crippen LogP) is -1.43. The van der Waals surface area contributed by atoms with Crippen LogP contribution in [0, 0.1) is 0 Å². The molecular weight excluding hydrogens is 302 g/mol. The molecule has 6 atom stereocenters. The fraction of sp³-hybridized carbons (Fsp3) is 0.933. The van der Waals surface area contributed by atoms with Crippen LogP contribution < -0.4 is 16.8 Å². The van der Waals surface area contributed by atoms with Crippen molar-refractivity contribution in [2.45, 2.75) is 75.2 Å². The third kappa shape index (κ3) is 5.98. The molecule has 0 aromatic carbocycles. The Balaban J connectivity index is 1.78. The molecule has 1 saturated carbocycles.